The van der Waals surface area contributed by atoms with E-state index in [1.54, 1.807) is 11.1 Å². The molecule has 6 N–H and O–H groups in total. The van der Waals surface area contributed by atoms with Gasteiger partial charge in [-0.2, -0.15) is 13.2 Å². The number of nitrogens with two attached hydrogens (primary N) is 2. The fraction of sp³-hybridized carbons (Fsp3) is 0.433. The van der Waals surface area contributed by atoms with E-state index in [1.807, 2.05) is 4.72 Å². The minimum absolute atomic E-state index is 0.0320. The van der Waals surface area contributed by atoms with Gasteiger partial charge < -0.3 is 21.7 Å². The lowest BCUT2D eigenvalue weighted by molar-refractivity contribution is -0.137. The molecular weight excluding hydrogens is 581 g/mol. The van der Waals surface area contributed by atoms with Crippen LogP contribution in [0.5, 0.6) is 0 Å². The average molecular weight is 623 g/mol. The van der Waals surface area contributed by atoms with Crippen molar-refractivity contribution in [3.05, 3.63) is 89.0 Å². The van der Waals surface area contributed by atoms with E-state index >= 15 is 0 Å². The molecule has 1 heterocycles. The number of alkyl halides is 3. The maximum Gasteiger partial charge on any atom is 0.416 e. The molecule has 1 saturated heterocycles. The Hall–Kier alpha value is -3.55. The van der Waals surface area contributed by atoms with Crippen LogP contribution < -0.4 is 21.5 Å². The van der Waals surface area contributed by atoms with Crippen LogP contribution >= 0.6 is 0 Å². The van der Waals surface area contributed by atoms with Gasteiger partial charge in [0.1, 0.15) is 0 Å². The predicted molar refractivity (Wildman–Crippen MR) is 161 cm³/mol. The van der Waals surface area contributed by atoms with Crippen LogP contribution in [0.2, 0.25) is 0 Å². The minimum Gasteiger partial charge on any atom is -0.403 e. The number of nitrogens with one attached hydrogen (secondary N) is 2. The van der Waals surface area contributed by atoms with E-state index in [4.69, 9.17) is 11.5 Å². The summed E-state index contributed by atoms with van der Waals surface area (Å²) in [4.78, 5) is 15.9. The molecule has 1 aliphatic carbocycles. The van der Waals surface area contributed by atoms with Gasteiger partial charge in [0.2, 0.25) is 5.91 Å². The number of hydrogen-bond acceptors (Lipinski definition) is 7. The van der Waals surface area contributed by atoms with Crippen molar-refractivity contribution in [2.75, 3.05) is 33.2 Å². The summed E-state index contributed by atoms with van der Waals surface area (Å²) in [5.74, 6) is -0.445. The highest BCUT2D eigenvalue weighted by atomic mass is 32.2. The van der Waals surface area contributed by atoms with Crippen molar-refractivity contribution < 1.29 is 26.4 Å². The van der Waals surface area contributed by atoms with E-state index < -0.39 is 32.6 Å². The van der Waals surface area contributed by atoms with Crippen LogP contribution in [0, 0.1) is 0 Å². The number of hydrogen-bond donors (Lipinski definition) is 4. The van der Waals surface area contributed by atoms with E-state index in [0.29, 0.717) is 11.8 Å². The molecule has 9 nitrogen and oxygen atoms in total. The van der Waals surface area contributed by atoms with Crippen molar-refractivity contribution in [3.63, 3.8) is 0 Å². The highest BCUT2D eigenvalue weighted by Crippen LogP contribution is 2.30. The highest BCUT2D eigenvalue weighted by Gasteiger charge is 2.31. The van der Waals surface area contributed by atoms with Crippen molar-refractivity contribution in [3.8, 4) is 0 Å². The Kier molecular flexibility index (Phi) is 12.5. The van der Waals surface area contributed by atoms with Crippen LogP contribution in [0.15, 0.2) is 71.7 Å². The number of fused-ring (bicyclic) bond motifs is 1. The number of amides is 1. The molecule has 4 rings (SSSR count). The third-order valence-corrected chi connectivity index (χ3v) is 8.61. The summed E-state index contributed by atoms with van der Waals surface area (Å²) >= 11 is 0. The number of piperazine rings is 1. The SMILES string of the molecule is CN1CCN(Cc2ccc3c(c2)CCCC3)CC1.N/C=C(\N)CCC(=O)N/C=C\NS(=O)(=O)c1cccc(C(F)(F)F)c1. The lowest BCUT2D eigenvalue weighted by Crippen LogP contribution is -2.43. The highest BCUT2D eigenvalue weighted by molar-refractivity contribution is 7.89. The zero-order chi connectivity index (χ0) is 31.5. The molecule has 1 amide bonds. The van der Waals surface area contributed by atoms with Gasteiger partial charge in [-0.15, -0.1) is 0 Å². The van der Waals surface area contributed by atoms with Gasteiger partial charge in [0, 0.05) is 63.4 Å². The normalized spacial score (nSPS) is 16.7. The summed E-state index contributed by atoms with van der Waals surface area (Å²) in [6.45, 7) is 6.00. The topological polar surface area (TPSA) is 134 Å². The van der Waals surface area contributed by atoms with Crippen molar-refractivity contribution in [1.29, 1.82) is 0 Å². The second kappa shape index (κ2) is 15.8. The summed E-state index contributed by atoms with van der Waals surface area (Å²) < 4.78 is 63.6. The first-order chi connectivity index (χ1) is 20.4. The van der Waals surface area contributed by atoms with Gasteiger partial charge in [0.15, 0.2) is 0 Å². The summed E-state index contributed by atoms with van der Waals surface area (Å²) in [5.41, 5.74) is 14.5. The van der Waals surface area contributed by atoms with E-state index in [9.17, 15) is 26.4 Å². The van der Waals surface area contributed by atoms with E-state index in [0.717, 1.165) is 43.3 Å². The molecule has 236 valence electrons. The number of allylic oxidation sites excluding steroid dienone is 1. The number of carbonyl (C=O) groups is 1. The van der Waals surface area contributed by atoms with E-state index in [-0.39, 0.29) is 12.8 Å². The Morgan fingerprint density at radius 2 is 1.67 bits per heavy atom. The molecule has 1 aliphatic heterocycles. The molecule has 2 aromatic rings. The molecule has 13 heteroatoms. The van der Waals surface area contributed by atoms with Crippen molar-refractivity contribution in [1.82, 2.24) is 19.8 Å². The molecule has 2 aliphatic rings. The molecule has 0 atom stereocenters. The van der Waals surface area contributed by atoms with Crippen molar-refractivity contribution in [2.45, 2.75) is 56.1 Å². The van der Waals surface area contributed by atoms with Crippen LogP contribution in [0.3, 0.4) is 0 Å². The van der Waals surface area contributed by atoms with Gasteiger partial charge in [-0.05, 0) is 74.0 Å². The van der Waals surface area contributed by atoms with Crippen molar-refractivity contribution >= 4 is 15.9 Å². The first kappa shape index (κ1) is 33.9. The number of rotatable bonds is 9. The van der Waals surface area contributed by atoms with Gasteiger partial charge in [-0.25, -0.2) is 8.42 Å². The van der Waals surface area contributed by atoms with Gasteiger partial charge >= 0.3 is 6.18 Å². The van der Waals surface area contributed by atoms with Crippen LogP contribution in [0.4, 0.5) is 13.2 Å². The molecule has 43 heavy (non-hydrogen) atoms. The van der Waals surface area contributed by atoms with Crippen LogP contribution in [-0.4, -0.2) is 57.4 Å². The Balaban J connectivity index is 0.000000246. The minimum atomic E-state index is -4.66. The molecule has 0 radical (unpaired) electrons. The number of halogens is 3. The lowest BCUT2D eigenvalue weighted by atomic mass is 9.90. The number of carbonyl (C=O) groups excluding carboxylic acids is 1. The average Bonchev–Trinajstić information content (AvgIpc) is 2.99. The first-order valence-corrected chi connectivity index (χ1v) is 15.7. The third-order valence-electron chi connectivity index (χ3n) is 7.29. The Morgan fingerprint density at radius 1 is 0.977 bits per heavy atom. The van der Waals surface area contributed by atoms with Gasteiger partial charge in [0.05, 0.1) is 10.5 Å². The van der Waals surface area contributed by atoms with E-state index in [2.05, 4.69) is 40.4 Å². The zero-order valence-electron chi connectivity index (χ0n) is 24.4. The van der Waals surface area contributed by atoms with Gasteiger partial charge in [-0.1, -0.05) is 24.3 Å². The van der Waals surface area contributed by atoms with E-state index in [1.165, 1.54) is 57.4 Å². The maximum absolute atomic E-state index is 12.6. The fourth-order valence-corrected chi connectivity index (χ4v) is 5.65. The van der Waals surface area contributed by atoms with Crippen molar-refractivity contribution in [2.24, 2.45) is 11.5 Å². The van der Waals surface area contributed by atoms with Crippen LogP contribution in [0.1, 0.15) is 47.9 Å². The fourth-order valence-electron chi connectivity index (χ4n) is 4.73. The standard InChI is InChI=1S/C16H24N2.C14H17F3N4O3S/c1-17-8-10-18(11-9-17)13-14-6-7-15-4-2-3-5-16(15)12-14;15-14(16,17)10-2-1-3-12(8-10)25(23,24)21-7-6-20-13(22)5-4-11(19)9-18/h6-7,12H,2-5,8-11,13H2,1H3;1-3,6-9,21H,4-5,18-19H2,(H,20,22)/b;7-6-,11-9-. The summed E-state index contributed by atoms with van der Waals surface area (Å²) in [7, 11) is -1.99. The molecule has 2 aromatic carbocycles. The lowest BCUT2D eigenvalue weighted by Gasteiger charge is -2.32. The number of likely N-dealkylation sites (N-methyl/N-ethyl adjacent to an activating group) is 1. The Morgan fingerprint density at radius 3 is 2.35 bits per heavy atom. The maximum atomic E-state index is 12.6. The molecule has 0 aromatic heterocycles. The molecule has 1 fully saturated rings. The third kappa shape index (κ3) is 11.2. The summed E-state index contributed by atoms with van der Waals surface area (Å²) in [6.07, 6.45) is 4.01. The predicted octanol–water partition coefficient (Wildman–Crippen LogP) is 3.42. The monoisotopic (exact) mass is 622 g/mol. The summed E-state index contributed by atoms with van der Waals surface area (Å²) in [6, 6.07) is 10.5. The largest absolute Gasteiger partial charge is 0.416 e. The quantitative estimate of drug-likeness (QED) is 0.337. The molecular formula is C30H41F3N6O3S. The molecule has 0 saturated carbocycles. The number of sulfonamides is 1. The first-order valence-electron chi connectivity index (χ1n) is 14.2. The number of benzene rings is 2. The van der Waals surface area contributed by atoms with Crippen LogP contribution in [-0.2, 0) is 40.4 Å². The number of nitrogens with zero attached hydrogens (tertiary/aromatic N) is 2. The molecule has 0 unspecified atom stereocenters. The molecule has 0 spiro atoms. The van der Waals surface area contributed by atoms with Gasteiger partial charge in [-0.3, -0.25) is 14.4 Å². The zero-order valence-corrected chi connectivity index (χ0v) is 25.2. The van der Waals surface area contributed by atoms with Crippen LogP contribution in [0.25, 0.3) is 0 Å². The Labute approximate surface area is 251 Å². The smallest absolute Gasteiger partial charge is 0.403 e. The summed E-state index contributed by atoms with van der Waals surface area (Å²) in [5, 5.41) is 2.27. The molecule has 0 bridgehead atoms. The van der Waals surface area contributed by atoms with Gasteiger partial charge in [0.25, 0.3) is 10.0 Å². The number of aryl methyl sites for hydroxylation is 2. The second-order valence-corrected chi connectivity index (χ2v) is 12.4. The Bertz CT molecular complexity index is 1390. The second-order valence-electron chi connectivity index (χ2n) is 10.7.